The van der Waals surface area contributed by atoms with Crippen LogP contribution in [-0.4, -0.2) is 14.2 Å². The lowest BCUT2D eigenvalue weighted by Crippen LogP contribution is -1.99. The summed E-state index contributed by atoms with van der Waals surface area (Å²) < 4.78 is 9.96. The molecular formula is C8H12N2O2. The monoisotopic (exact) mass is 168 g/mol. The zero-order valence-electron chi connectivity index (χ0n) is 7.13. The fraction of sp³-hybridized carbons (Fsp3) is 0.250. The number of ether oxygens (including phenoxy) is 2. The van der Waals surface area contributed by atoms with Crippen molar-refractivity contribution in [2.45, 2.75) is 0 Å². The Morgan fingerprint density at radius 1 is 1.08 bits per heavy atom. The number of hydrogen-bond donors (Lipinski definition) is 2. The first-order valence-corrected chi connectivity index (χ1v) is 3.46. The molecule has 1 aromatic carbocycles. The Hall–Kier alpha value is -1.58. The Balaban J connectivity index is 3.19. The summed E-state index contributed by atoms with van der Waals surface area (Å²) in [6.45, 7) is 0. The van der Waals surface area contributed by atoms with Crippen LogP contribution in [0.15, 0.2) is 12.1 Å². The molecule has 66 valence electrons. The molecule has 0 unspecified atom stereocenters. The van der Waals surface area contributed by atoms with Crippen molar-refractivity contribution < 1.29 is 9.47 Å². The van der Waals surface area contributed by atoms with Crippen LogP contribution in [0.3, 0.4) is 0 Å². The minimum absolute atomic E-state index is 0.443. The first-order valence-electron chi connectivity index (χ1n) is 3.46. The Morgan fingerprint density at radius 2 is 1.75 bits per heavy atom. The lowest BCUT2D eigenvalue weighted by Gasteiger charge is -2.09. The number of benzene rings is 1. The van der Waals surface area contributed by atoms with E-state index in [4.69, 9.17) is 20.9 Å². The van der Waals surface area contributed by atoms with Gasteiger partial charge in [0.25, 0.3) is 0 Å². The van der Waals surface area contributed by atoms with E-state index >= 15 is 0 Å². The smallest absolute Gasteiger partial charge is 0.147 e. The van der Waals surface area contributed by atoms with Gasteiger partial charge in [-0.1, -0.05) is 0 Å². The average molecular weight is 168 g/mol. The maximum Gasteiger partial charge on any atom is 0.147 e. The summed E-state index contributed by atoms with van der Waals surface area (Å²) in [4.78, 5) is 0. The molecule has 0 saturated carbocycles. The number of hydrogen-bond acceptors (Lipinski definition) is 4. The molecule has 0 fully saturated rings. The third-order valence-corrected chi connectivity index (χ3v) is 1.60. The van der Waals surface area contributed by atoms with Gasteiger partial charge in [-0.05, 0) is 0 Å². The van der Waals surface area contributed by atoms with Crippen LogP contribution in [0.2, 0.25) is 0 Å². The van der Waals surface area contributed by atoms with Crippen molar-refractivity contribution in [3.05, 3.63) is 12.1 Å². The lowest BCUT2D eigenvalue weighted by atomic mass is 10.2. The molecule has 0 saturated heterocycles. The number of anilines is 2. The van der Waals surface area contributed by atoms with Crippen LogP contribution in [0, 0.1) is 0 Å². The van der Waals surface area contributed by atoms with E-state index in [1.165, 1.54) is 7.11 Å². The maximum atomic E-state index is 5.61. The molecule has 4 nitrogen and oxygen atoms in total. The van der Waals surface area contributed by atoms with Crippen molar-refractivity contribution in [1.82, 2.24) is 0 Å². The van der Waals surface area contributed by atoms with Gasteiger partial charge in [0.2, 0.25) is 0 Å². The van der Waals surface area contributed by atoms with Gasteiger partial charge in [-0.15, -0.1) is 0 Å². The van der Waals surface area contributed by atoms with Gasteiger partial charge in [0.05, 0.1) is 25.6 Å². The Labute approximate surface area is 71.1 Å². The fourth-order valence-corrected chi connectivity index (χ4v) is 0.909. The number of rotatable bonds is 2. The fourth-order valence-electron chi connectivity index (χ4n) is 0.909. The van der Waals surface area contributed by atoms with Crippen molar-refractivity contribution in [1.29, 1.82) is 0 Å². The molecule has 1 rings (SSSR count). The SMILES string of the molecule is COc1cc(N)c(N)c(OC)c1. The largest absolute Gasteiger partial charge is 0.497 e. The molecule has 4 N–H and O–H groups in total. The van der Waals surface area contributed by atoms with Gasteiger partial charge in [0.15, 0.2) is 0 Å². The third-order valence-electron chi connectivity index (χ3n) is 1.60. The van der Waals surface area contributed by atoms with Crippen LogP contribution in [0.1, 0.15) is 0 Å². The number of nitrogens with two attached hydrogens (primary N) is 2. The number of methoxy groups -OCH3 is 2. The molecule has 0 aliphatic carbocycles. The molecule has 0 aliphatic heterocycles. The molecule has 0 radical (unpaired) electrons. The molecule has 0 aliphatic rings. The first kappa shape index (κ1) is 8.52. The highest BCUT2D eigenvalue weighted by atomic mass is 16.5. The zero-order chi connectivity index (χ0) is 9.14. The second-order valence-electron chi connectivity index (χ2n) is 2.33. The predicted octanol–water partition coefficient (Wildman–Crippen LogP) is 0.868. The van der Waals surface area contributed by atoms with Gasteiger partial charge in [-0.2, -0.15) is 0 Å². The summed E-state index contributed by atoms with van der Waals surface area (Å²) in [7, 11) is 3.09. The van der Waals surface area contributed by atoms with E-state index < -0.39 is 0 Å². The zero-order valence-corrected chi connectivity index (χ0v) is 7.13. The van der Waals surface area contributed by atoms with Crippen LogP contribution >= 0.6 is 0 Å². The van der Waals surface area contributed by atoms with Gasteiger partial charge in [-0.25, -0.2) is 0 Å². The Bertz CT molecular complexity index is 287. The standard InChI is InChI=1S/C8H12N2O2/c1-11-5-3-6(9)8(10)7(4-5)12-2/h3-4H,9-10H2,1-2H3. The van der Waals surface area contributed by atoms with E-state index in [2.05, 4.69) is 0 Å². The summed E-state index contributed by atoms with van der Waals surface area (Å²) >= 11 is 0. The molecule has 4 heteroatoms. The van der Waals surface area contributed by atoms with Crippen LogP contribution < -0.4 is 20.9 Å². The average Bonchev–Trinajstić information content (AvgIpc) is 2.09. The summed E-state index contributed by atoms with van der Waals surface area (Å²) in [6.07, 6.45) is 0. The van der Waals surface area contributed by atoms with Gasteiger partial charge >= 0.3 is 0 Å². The number of nitrogen functional groups attached to an aromatic ring is 2. The van der Waals surface area contributed by atoms with Gasteiger partial charge in [0, 0.05) is 12.1 Å². The van der Waals surface area contributed by atoms with E-state index in [-0.39, 0.29) is 0 Å². The molecular weight excluding hydrogens is 156 g/mol. The summed E-state index contributed by atoms with van der Waals surface area (Å²) in [5.74, 6) is 1.17. The maximum absolute atomic E-state index is 5.61. The van der Waals surface area contributed by atoms with E-state index in [0.717, 1.165) is 0 Å². The molecule has 1 aromatic rings. The van der Waals surface area contributed by atoms with Crippen molar-refractivity contribution in [3.8, 4) is 11.5 Å². The second-order valence-corrected chi connectivity index (χ2v) is 2.33. The van der Waals surface area contributed by atoms with Crippen molar-refractivity contribution in [2.75, 3.05) is 25.7 Å². The summed E-state index contributed by atoms with van der Waals surface area (Å²) in [5, 5.41) is 0. The summed E-state index contributed by atoms with van der Waals surface area (Å²) in [6, 6.07) is 3.34. The first-order chi connectivity index (χ1) is 5.69. The van der Waals surface area contributed by atoms with Crippen molar-refractivity contribution in [3.63, 3.8) is 0 Å². The van der Waals surface area contributed by atoms with Gasteiger partial charge < -0.3 is 20.9 Å². The van der Waals surface area contributed by atoms with Crippen LogP contribution in [0.25, 0.3) is 0 Å². The van der Waals surface area contributed by atoms with Crippen molar-refractivity contribution >= 4 is 11.4 Å². The molecule has 0 amide bonds. The van der Waals surface area contributed by atoms with E-state index in [1.807, 2.05) is 0 Å². The van der Waals surface area contributed by atoms with E-state index in [9.17, 15) is 0 Å². The second kappa shape index (κ2) is 3.21. The normalized spacial score (nSPS) is 9.50. The topological polar surface area (TPSA) is 70.5 Å². The minimum Gasteiger partial charge on any atom is -0.497 e. The Kier molecular flexibility index (Phi) is 2.28. The summed E-state index contributed by atoms with van der Waals surface area (Å²) in [5.41, 5.74) is 12.1. The molecule has 0 bridgehead atoms. The highest BCUT2D eigenvalue weighted by Crippen LogP contribution is 2.32. The predicted molar refractivity (Wildman–Crippen MR) is 48.4 cm³/mol. The molecule has 0 aromatic heterocycles. The lowest BCUT2D eigenvalue weighted by molar-refractivity contribution is 0.396. The minimum atomic E-state index is 0.443. The molecule has 12 heavy (non-hydrogen) atoms. The highest BCUT2D eigenvalue weighted by Gasteiger charge is 2.05. The third kappa shape index (κ3) is 1.37. The Morgan fingerprint density at radius 3 is 2.25 bits per heavy atom. The highest BCUT2D eigenvalue weighted by molar-refractivity contribution is 5.73. The van der Waals surface area contributed by atoms with E-state index in [1.54, 1.807) is 19.2 Å². The van der Waals surface area contributed by atoms with Gasteiger partial charge in [0.1, 0.15) is 11.5 Å². The van der Waals surface area contributed by atoms with Crippen LogP contribution in [0.5, 0.6) is 11.5 Å². The van der Waals surface area contributed by atoms with Gasteiger partial charge in [-0.3, -0.25) is 0 Å². The molecule has 0 atom stereocenters. The molecule has 0 spiro atoms. The van der Waals surface area contributed by atoms with Crippen LogP contribution in [0.4, 0.5) is 11.4 Å². The molecule has 0 heterocycles. The van der Waals surface area contributed by atoms with Crippen molar-refractivity contribution in [2.24, 2.45) is 0 Å². The van der Waals surface area contributed by atoms with E-state index in [0.29, 0.717) is 22.9 Å². The quantitative estimate of drug-likeness (QED) is 0.643. The van der Waals surface area contributed by atoms with Crippen LogP contribution in [-0.2, 0) is 0 Å².